The summed E-state index contributed by atoms with van der Waals surface area (Å²) in [5.41, 5.74) is 1.10. The molecule has 1 aromatic rings. The van der Waals surface area contributed by atoms with Gasteiger partial charge in [-0.2, -0.15) is 0 Å². The van der Waals surface area contributed by atoms with Crippen LogP contribution in [0.2, 0.25) is 0 Å². The molecule has 0 heterocycles. The van der Waals surface area contributed by atoms with Crippen molar-refractivity contribution >= 4 is 15.9 Å². The number of hydrogen-bond acceptors (Lipinski definition) is 0. The molecule has 0 N–H and O–H groups in total. The second-order valence-electron chi connectivity index (χ2n) is 5.56. The zero-order chi connectivity index (χ0) is 12.6. The Morgan fingerprint density at radius 2 is 2.00 bits per heavy atom. The molecule has 0 amide bonds. The van der Waals surface area contributed by atoms with Crippen LogP contribution in [0.4, 0.5) is 8.78 Å². The largest absolute Gasteiger partial charge is 0.204 e. The zero-order valence-corrected chi connectivity index (χ0v) is 11.7. The van der Waals surface area contributed by atoms with Crippen molar-refractivity contribution in [3.8, 4) is 0 Å². The number of benzene rings is 1. The molecule has 0 saturated heterocycles. The van der Waals surface area contributed by atoms with E-state index in [0.29, 0.717) is 5.92 Å². The summed E-state index contributed by atoms with van der Waals surface area (Å²) in [6, 6.07) is 4.19. The molecule has 94 valence electrons. The van der Waals surface area contributed by atoms with Crippen LogP contribution in [0.25, 0.3) is 0 Å². The molecule has 1 aromatic carbocycles. The van der Waals surface area contributed by atoms with Gasteiger partial charge in [0, 0.05) is 4.83 Å². The first-order chi connectivity index (χ1) is 7.92. The van der Waals surface area contributed by atoms with Crippen LogP contribution in [0.1, 0.15) is 43.5 Å². The summed E-state index contributed by atoms with van der Waals surface area (Å²) in [5.74, 6) is -1.06. The van der Waals surface area contributed by atoms with E-state index in [0.717, 1.165) is 12.0 Å². The van der Waals surface area contributed by atoms with Crippen LogP contribution in [0.5, 0.6) is 0 Å². The summed E-state index contributed by atoms with van der Waals surface area (Å²) >= 11 is 3.66. The molecule has 2 atom stereocenters. The van der Waals surface area contributed by atoms with E-state index < -0.39 is 11.6 Å². The standard InChI is InChI=1S/C14H17BrF2/c1-14(2)7-3-4-10(14)13(15)9-5-6-11(16)12(17)8-9/h5-6,8,10,13H,3-4,7H2,1-2H3. The Morgan fingerprint density at radius 3 is 2.53 bits per heavy atom. The molecule has 3 heteroatoms. The summed E-state index contributed by atoms with van der Waals surface area (Å²) in [6.07, 6.45) is 3.55. The Morgan fingerprint density at radius 1 is 1.29 bits per heavy atom. The molecule has 0 aromatic heterocycles. The first-order valence-corrected chi connectivity index (χ1v) is 6.92. The summed E-state index contributed by atoms with van der Waals surface area (Å²) in [4.78, 5) is 0.107. The van der Waals surface area contributed by atoms with Crippen LogP contribution in [0, 0.1) is 23.0 Å². The van der Waals surface area contributed by atoms with Crippen molar-refractivity contribution in [3.63, 3.8) is 0 Å². The van der Waals surface area contributed by atoms with Crippen molar-refractivity contribution in [1.29, 1.82) is 0 Å². The van der Waals surface area contributed by atoms with E-state index in [2.05, 4.69) is 29.8 Å². The van der Waals surface area contributed by atoms with Gasteiger partial charge >= 0.3 is 0 Å². The van der Waals surface area contributed by atoms with Crippen molar-refractivity contribution in [1.82, 2.24) is 0 Å². The summed E-state index contributed by atoms with van der Waals surface area (Å²) in [7, 11) is 0. The molecule has 1 saturated carbocycles. The Kier molecular flexibility index (Phi) is 3.58. The quantitative estimate of drug-likeness (QED) is 0.656. The second kappa shape index (κ2) is 4.68. The lowest BCUT2D eigenvalue weighted by molar-refractivity contribution is 0.256. The maximum atomic E-state index is 13.2. The third kappa shape index (κ3) is 2.54. The lowest BCUT2D eigenvalue weighted by atomic mass is 9.78. The van der Waals surface area contributed by atoms with Crippen LogP contribution in [-0.2, 0) is 0 Å². The highest BCUT2D eigenvalue weighted by Gasteiger charge is 2.39. The molecular weight excluding hydrogens is 286 g/mol. The van der Waals surface area contributed by atoms with Gasteiger partial charge in [-0.3, -0.25) is 0 Å². The van der Waals surface area contributed by atoms with Crippen LogP contribution in [0.3, 0.4) is 0 Å². The minimum atomic E-state index is -0.779. The maximum Gasteiger partial charge on any atom is 0.159 e. The van der Waals surface area contributed by atoms with E-state index >= 15 is 0 Å². The molecule has 1 aliphatic rings. The Balaban J connectivity index is 2.25. The predicted molar refractivity (Wildman–Crippen MR) is 69.1 cm³/mol. The van der Waals surface area contributed by atoms with Crippen molar-refractivity contribution < 1.29 is 8.78 Å². The van der Waals surface area contributed by atoms with Gasteiger partial charge in [-0.15, -0.1) is 0 Å². The van der Waals surface area contributed by atoms with Crippen molar-refractivity contribution in [3.05, 3.63) is 35.4 Å². The number of alkyl halides is 1. The smallest absolute Gasteiger partial charge is 0.159 e. The molecular formula is C14H17BrF2. The fourth-order valence-corrected chi connectivity index (χ4v) is 4.08. The number of halogens is 3. The van der Waals surface area contributed by atoms with Gasteiger partial charge < -0.3 is 0 Å². The Hall–Kier alpha value is -0.440. The summed E-state index contributed by atoms with van der Waals surface area (Å²) < 4.78 is 26.1. The van der Waals surface area contributed by atoms with Gasteiger partial charge in [0.2, 0.25) is 0 Å². The van der Waals surface area contributed by atoms with Crippen molar-refractivity contribution in [2.45, 2.75) is 37.9 Å². The van der Waals surface area contributed by atoms with Gasteiger partial charge in [0.15, 0.2) is 11.6 Å². The zero-order valence-electron chi connectivity index (χ0n) is 10.1. The van der Waals surface area contributed by atoms with Crippen molar-refractivity contribution in [2.75, 3.05) is 0 Å². The van der Waals surface area contributed by atoms with E-state index in [1.165, 1.54) is 25.0 Å². The normalized spacial score (nSPS) is 24.9. The third-order valence-electron chi connectivity index (χ3n) is 3.96. The Bertz CT molecular complexity index is 415. The van der Waals surface area contributed by atoms with Crippen LogP contribution in [0.15, 0.2) is 18.2 Å². The lowest BCUT2D eigenvalue weighted by Gasteiger charge is -2.31. The van der Waals surface area contributed by atoms with E-state index in [4.69, 9.17) is 0 Å². The van der Waals surface area contributed by atoms with Gasteiger partial charge in [-0.25, -0.2) is 8.78 Å². The molecule has 17 heavy (non-hydrogen) atoms. The topological polar surface area (TPSA) is 0 Å². The van der Waals surface area contributed by atoms with Crippen LogP contribution >= 0.6 is 15.9 Å². The first kappa shape index (κ1) is 13.0. The van der Waals surface area contributed by atoms with Gasteiger partial charge in [-0.05, 0) is 41.9 Å². The molecule has 2 unspecified atom stereocenters. The van der Waals surface area contributed by atoms with Crippen LogP contribution in [-0.4, -0.2) is 0 Å². The Labute approximate surface area is 110 Å². The highest BCUT2D eigenvalue weighted by molar-refractivity contribution is 9.09. The van der Waals surface area contributed by atoms with E-state index in [9.17, 15) is 8.78 Å². The fraction of sp³-hybridized carbons (Fsp3) is 0.571. The molecule has 0 spiro atoms. The minimum absolute atomic E-state index is 0.107. The molecule has 0 nitrogen and oxygen atoms in total. The average molecular weight is 303 g/mol. The highest BCUT2D eigenvalue weighted by atomic mass is 79.9. The van der Waals surface area contributed by atoms with E-state index in [-0.39, 0.29) is 10.2 Å². The predicted octanol–water partition coefficient (Wildman–Crippen LogP) is 5.23. The summed E-state index contributed by atoms with van der Waals surface area (Å²) in [5, 5.41) is 0. The maximum absolute atomic E-state index is 13.2. The molecule has 2 rings (SSSR count). The minimum Gasteiger partial charge on any atom is -0.204 e. The van der Waals surface area contributed by atoms with Gasteiger partial charge in [-0.1, -0.05) is 42.3 Å². The molecule has 1 aliphatic carbocycles. The molecule has 1 fully saturated rings. The van der Waals surface area contributed by atoms with Gasteiger partial charge in [0.1, 0.15) is 0 Å². The van der Waals surface area contributed by atoms with Gasteiger partial charge in [0.25, 0.3) is 0 Å². The second-order valence-corrected chi connectivity index (χ2v) is 6.55. The average Bonchev–Trinajstić information content (AvgIpc) is 2.61. The highest BCUT2D eigenvalue weighted by Crippen LogP contribution is 2.51. The monoisotopic (exact) mass is 302 g/mol. The molecule has 0 bridgehead atoms. The van der Waals surface area contributed by atoms with Crippen LogP contribution < -0.4 is 0 Å². The third-order valence-corrected chi connectivity index (χ3v) is 5.12. The lowest BCUT2D eigenvalue weighted by Crippen LogP contribution is -2.21. The van der Waals surface area contributed by atoms with E-state index in [1.807, 2.05) is 0 Å². The van der Waals surface area contributed by atoms with Gasteiger partial charge in [0.05, 0.1) is 0 Å². The fourth-order valence-electron chi connectivity index (χ4n) is 2.81. The van der Waals surface area contributed by atoms with Crippen molar-refractivity contribution in [2.24, 2.45) is 11.3 Å². The van der Waals surface area contributed by atoms with E-state index in [1.54, 1.807) is 6.07 Å². The number of rotatable bonds is 2. The SMILES string of the molecule is CC1(C)CCCC1C(Br)c1ccc(F)c(F)c1. The molecule has 0 aliphatic heterocycles. The molecule has 0 radical (unpaired) electrons. The summed E-state index contributed by atoms with van der Waals surface area (Å²) in [6.45, 7) is 4.50. The first-order valence-electron chi connectivity index (χ1n) is 6.01. The number of hydrogen-bond donors (Lipinski definition) is 0.